The third kappa shape index (κ3) is 46.8. The molecule has 0 bridgehead atoms. The van der Waals surface area contributed by atoms with Crippen LogP contribution in [-0.2, 0) is 0 Å². The molecular weight excluding hydrogens is 350 g/mol. The fourth-order valence-corrected chi connectivity index (χ4v) is 2.14. The van der Waals surface area contributed by atoms with E-state index in [1.165, 1.54) is 82.7 Å². The molecule has 0 N–H and O–H groups in total. The van der Waals surface area contributed by atoms with Gasteiger partial charge in [0.15, 0.2) is 0 Å². The summed E-state index contributed by atoms with van der Waals surface area (Å²) in [5.41, 5.74) is 1.25. The maximum atomic E-state index is 2.21. The summed E-state index contributed by atoms with van der Waals surface area (Å²) in [5.74, 6) is 0. The van der Waals surface area contributed by atoms with Crippen LogP contribution in [0.4, 0.5) is 5.69 Å². The molecule has 0 amide bonds. The Kier molecular flexibility index (Phi) is 46.1. The second-order valence-electron chi connectivity index (χ2n) is 7.64. The van der Waals surface area contributed by atoms with Crippen LogP contribution in [0, 0.1) is 0 Å². The standard InChI is InChI=1S/C8H11N.4C5H12/c1-9(2)8-6-4-3-5-7-8;4*1-3-5-4-2/h3-7H,1-2H3;4*3-5H2,1-2H3. The maximum Gasteiger partial charge on any atom is 0.0360 e. The molecule has 0 aliphatic rings. The number of benzene rings is 1. The molecule has 0 aliphatic carbocycles. The van der Waals surface area contributed by atoms with E-state index >= 15 is 0 Å². The Labute approximate surface area is 187 Å². The van der Waals surface area contributed by atoms with E-state index in [-0.39, 0.29) is 0 Å². The fourth-order valence-electron chi connectivity index (χ4n) is 2.14. The van der Waals surface area contributed by atoms with E-state index in [9.17, 15) is 0 Å². The molecule has 1 aromatic rings. The minimum atomic E-state index is 1.25. The molecule has 0 saturated carbocycles. The highest BCUT2D eigenvalue weighted by Crippen LogP contribution is 2.07. The van der Waals surface area contributed by atoms with Gasteiger partial charge in [0.05, 0.1) is 0 Å². The van der Waals surface area contributed by atoms with Crippen molar-refractivity contribution in [3.63, 3.8) is 0 Å². The van der Waals surface area contributed by atoms with Gasteiger partial charge in [-0.15, -0.1) is 0 Å². The zero-order valence-electron chi connectivity index (χ0n) is 22.3. The van der Waals surface area contributed by atoms with E-state index in [2.05, 4.69) is 72.4 Å². The monoisotopic (exact) mass is 409 g/mol. The lowest BCUT2D eigenvalue weighted by Gasteiger charge is -2.10. The van der Waals surface area contributed by atoms with Crippen molar-refractivity contribution in [3.05, 3.63) is 30.3 Å². The number of unbranched alkanes of at least 4 members (excludes halogenated alkanes) is 8. The first-order valence-corrected chi connectivity index (χ1v) is 12.7. The van der Waals surface area contributed by atoms with Crippen LogP contribution in [0.25, 0.3) is 0 Å². The first-order chi connectivity index (χ1) is 14.0. The van der Waals surface area contributed by atoms with Gasteiger partial charge in [-0.1, -0.05) is 151 Å². The maximum absolute atomic E-state index is 2.21. The largest absolute Gasteiger partial charge is 0.378 e. The lowest BCUT2D eigenvalue weighted by molar-refractivity contribution is 0.772. The first-order valence-electron chi connectivity index (χ1n) is 12.7. The average Bonchev–Trinajstić information content (AvgIpc) is 2.73. The molecule has 0 spiro atoms. The molecule has 1 aromatic carbocycles. The van der Waals surface area contributed by atoms with E-state index in [1.54, 1.807) is 0 Å². The quantitative estimate of drug-likeness (QED) is 0.392. The van der Waals surface area contributed by atoms with Crippen molar-refractivity contribution in [2.45, 2.75) is 132 Å². The molecule has 0 aromatic heterocycles. The summed E-state index contributed by atoms with van der Waals surface area (Å²) in [6.45, 7) is 17.7. The zero-order valence-corrected chi connectivity index (χ0v) is 22.3. The van der Waals surface area contributed by atoms with Crippen LogP contribution in [0.1, 0.15) is 132 Å². The van der Waals surface area contributed by atoms with E-state index < -0.39 is 0 Å². The smallest absolute Gasteiger partial charge is 0.0360 e. The summed E-state index contributed by atoms with van der Waals surface area (Å²) in [5, 5.41) is 0. The predicted octanol–water partition coefficient (Wildman–Crippen LogP) is 10.5. The van der Waals surface area contributed by atoms with E-state index in [4.69, 9.17) is 0 Å². The Balaban J connectivity index is -0.000000140. The van der Waals surface area contributed by atoms with Gasteiger partial charge in [0, 0.05) is 19.8 Å². The number of hydrogen-bond acceptors (Lipinski definition) is 1. The third-order valence-corrected chi connectivity index (χ3v) is 4.10. The van der Waals surface area contributed by atoms with Gasteiger partial charge < -0.3 is 4.90 Å². The van der Waals surface area contributed by atoms with Gasteiger partial charge in [0.2, 0.25) is 0 Å². The van der Waals surface area contributed by atoms with Crippen molar-refractivity contribution < 1.29 is 0 Å². The van der Waals surface area contributed by atoms with Crippen molar-refractivity contribution in [2.75, 3.05) is 19.0 Å². The molecule has 0 atom stereocenters. The van der Waals surface area contributed by atoms with E-state index in [0.29, 0.717) is 0 Å². The first kappa shape index (κ1) is 35.5. The Morgan fingerprint density at radius 1 is 0.448 bits per heavy atom. The molecule has 0 heterocycles. The highest BCUT2D eigenvalue weighted by Gasteiger charge is 1.87. The van der Waals surface area contributed by atoms with E-state index in [1.807, 2.05) is 32.3 Å². The SMILES string of the molecule is CCCCC.CCCCC.CCCCC.CCCCC.CN(C)c1ccccc1. The van der Waals surface area contributed by atoms with E-state index in [0.717, 1.165) is 0 Å². The summed E-state index contributed by atoms with van der Waals surface area (Å²) < 4.78 is 0. The van der Waals surface area contributed by atoms with Gasteiger partial charge in [-0.2, -0.15) is 0 Å². The van der Waals surface area contributed by atoms with Gasteiger partial charge in [-0.3, -0.25) is 0 Å². The summed E-state index contributed by atoms with van der Waals surface area (Å²) in [6, 6.07) is 10.3. The molecule has 176 valence electrons. The molecular formula is C28H59N. The minimum absolute atomic E-state index is 1.25. The van der Waals surface area contributed by atoms with Crippen LogP contribution in [0.5, 0.6) is 0 Å². The predicted molar refractivity (Wildman–Crippen MR) is 142 cm³/mol. The zero-order chi connectivity index (χ0) is 23.2. The van der Waals surface area contributed by atoms with Crippen molar-refractivity contribution in [1.82, 2.24) is 0 Å². The second kappa shape index (κ2) is 37.7. The van der Waals surface area contributed by atoms with Crippen LogP contribution in [0.3, 0.4) is 0 Å². The van der Waals surface area contributed by atoms with Crippen LogP contribution in [0.15, 0.2) is 30.3 Å². The number of hydrogen-bond donors (Lipinski definition) is 0. The molecule has 0 saturated heterocycles. The van der Waals surface area contributed by atoms with Crippen molar-refractivity contribution >= 4 is 5.69 Å². The van der Waals surface area contributed by atoms with Gasteiger partial charge in [0.1, 0.15) is 0 Å². The summed E-state index contributed by atoms with van der Waals surface area (Å²) in [6.07, 6.45) is 16.3. The Hall–Kier alpha value is -0.980. The minimum Gasteiger partial charge on any atom is -0.378 e. The second-order valence-corrected chi connectivity index (χ2v) is 7.64. The Bertz CT molecular complexity index is 286. The van der Waals surface area contributed by atoms with Gasteiger partial charge in [-0.05, 0) is 12.1 Å². The highest BCUT2D eigenvalue weighted by atomic mass is 15.1. The lowest BCUT2D eigenvalue weighted by atomic mass is 10.3. The molecule has 1 rings (SSSR count). The molecule has 0 unspecified atom stereocenters. The number of rotatable bonds is 9. The molecule has 1 heteroatoms. The average molecular weight is 410 g/mol. The fraction of sp³-hybridized carbons (Fsp3) is 0.786. The summed E-state index contributed by atoms with van der Waals surface area (Å²) in [4.78, 5) is 2.08. The highest BCUT2D eigenvalue weighted by molar-refractivity contribution is 5.43. The Morgan fingerprint density at radius 3 is 0.793 bits per heavy atom. The third-order valence-electron chi connectivity index (χ3n) is 4.10. The van der Waals surface area contributed by atoms with Crippen LogP contribution >= 0.6 is 0 Å². The molecule has 29 heavy (non-hydrogen) atoms. The summed E-state index contributed by atoms with van der Waals surface area (Å²) in [7, 11) is 4.07. The van der Waals surface area contributed by atoms with Crippen molar-refractivity contribution in [2.24, 2.45) is 0 Å². The van der Waals surface area contributed by atoms with Crippen LogP contribution < -0.4 is 4.90 Å². The number of para-hydroxylation sites is 1. The Morgan fingerprint density at radius 2 is 0.690 bits per heavy atom. The number of nitrogens with zero attached hydrogens (tertiary/aromatic N) is 1. The summed E-state index contributed by atoms with van der Waals surface area (Å²) >= 11 is 0. The molecule has 0 radical (unpaired) electrons. The van der Waals surface area contributed by atoms with Gasteiger partial charge >= 0.3 is 0 Å². The van der Waals surface area contributed by atoms with Crippen LogP contribution in [-0.4, -0.2) is 14.1 Å². The van der Waals surface area contributed by atoms with Gasteiger partial charge in [0.25, 0.3) is 0 Å². The van der Waals surface area contributed by atoms with Crippen molar-refractivity contribution in [1.29, 1.82) is 0 Å². The molecule has 0 aliphatic heterocycles. The van der Waals surface area contributed by atoms with Crippen molar-refractivity contribution in [3.8, 4) is 0 Å². The van der Waals surface area contributed by atoms with Crippen LogP contribution in [0.2, 0.25) is 0 Å². The molecule has 0 fully saturated rings. The number of anilines is 1. The molecule has 1 nitrogen and oxygen atoms in total. The normalized spacial score (nSPS) is 8.62. The lowest BCUT2D eigenvalue weighted by Crippen LogP contribution is -2.07. The topological polar surface area (TPSA) is 3.24 Å². The van der Waals surface area contributed by atoms with Gasteiger partial charge in [-0.25, -0.2) is 0 Å².